The van der Waals surface area contributed by atoms with Gasteiger partial charge in [0.2, 0.25) is 0 Å². The molecule has 0 spiro atoms. The van der Waals surface area contributed by atoms with Gasteiger partial charge in [-0.1, -0.05) is 0 Å². The molecule has 0 saturated carbocycles. The molecule has 2 rings (SSSR count). The number of nitrogens with zero attached hydrogens (tertiary/aromatic N) is 2. The highest BCUT2D eigenvalue weighted by Gasteiger charge is 2.16. The molecule has 0 fully saturated rings. The molecule has 4 nitrogen and oxygen atoms in total. The number of aliphatic hydroxyl groups is 1. The lowest BCUT2D eigenvalue weighted by atomic mass is 9.98. The largest absolute Gasteiger partial charge is 0.390 e. The van der Waals surface area contributed by atoms with Gasteiger partial charge in [-0.2, -0.15) is 8.75 Å². The summed E-state index contributed by atoms with van der Waals surface area (Å²) in [7, 11) is 0. The molecular weight excluding hydrogens is 236 g/mol. The van der Waals surface area contributed by atoms with Gasteiger partial charge in [-0.15, -0.1) is 0 Å². The molecule has 0 amide bonds. The fourth-order valence-corrected chi connectivity index (χ4v) is 1.91. The Labute approximate surface area is 104 Å². The van der Waals surface area contributed by atoms with Gasteiger partial charge in [-0.3, -0.25) is 4.79 Å². The molecule has 17 heavy (non-hydrogen) atoms. The maximum atomic E-state index is 11.8. The number of carbonyl (C=O) groups excluding carboxylic acids is 1. The van der Waals surface area contributed by atoms with E-state index < -0.39 is 5.60 Å². The molecular formula is C12H13N2O2S. The van der Waals surface area contributed by atoms with E-state index in [9.17, 15) is 9.90 Å². The summed E-state index contributed by atoms with van der Waals surface area (Å²) in [5, 5.41) is 9.55. The molecule has 0 atom stereocenters. The van der Waals surface area contributed by atoms with E-state index in [0.29, 0.717) is 12.0 Å². The Balaban J connectivity index is 2.13. The van der Waals surface area contributed by atoms with Gasteiger partial charge in [0, 0.05) is 12.0 Å². The summed E-state index contributed by atoms with van der Waals surface area (Å²) in [6.45, 7) is 3.34. The third-order valence-electron chi connectivity index (χ3n) is 2.33. The van der Waals surface area contributed by atoms with Gasteiger partial charge in [0.1, 0.15) is 11.0 Å². The smallest absolute Gasteiger partial charge is 0.166 e. The number of Topliss-reactive ketones (excluding diaryl/α,β-unsaturated/α-hetero) is 1. The highest BCUT2D eigenvalue weighted by atomic mass is 32.1. The van der Waals surface area contributed by atoms with Gasteiger partial charge in [-0.25, -0.2) is 0 Å². The summed E-state index contributed by atoms with van der Waals surface area (Å²) in [6, 6.07) is 5.24. The van der Waals surface area contributed by atoms with Gasteiger partial charge in [-0.05, 0) is 38.5 Å². The second-order valence-corrected chi connectivity index (χ2v) is 5.08. The topological polar surface area (TPSA) is 63.1 Å². The third-order valence-corrected chi connectivity index (χ3v) is 2.88. The Morgan fingerprint density at radius 2 is 2.12 bits per heavy atom. The summed E-state index contributed by atoms with van der Waals surface area (Å²) < 4.78 is 8.16. The summed E-state index contributed by atoms with van der Waals surface area (Å²) in [4.78, 5) is 11.8. The van der Waals surface area contributed by atoms with Crippen LogP contribution < -0.4 is 0 Å². The number of fused-ring (bicyclic) bond motifs is 1. The zero-order valence-electron chi connectivity index (χ0n) is 9.67. The number of hydrogen-bond acceptors (Lipinski definition) is 5. The minimum Gasteiger partial charge on any atom is -0.390 e. The standard InChI is InChI=1S/C12H13N2O2S/c1-12(2,16)6-5-11(15)8-3-4-9-10(7-8)14-17-13-9/h3-5,7,16H,6H2,1-2H3. The monoisotopic (exact) mass is 249 g/mol. The normalized spacial score (nSPS) is 11.9. The lowest BCUT2D eigenvalue weighted by Crippen LogP contribution is -2.20. The second kappa shape index (κ2) is 4.50. The van der Waals surface area contributed by atoms with Crippen LogP contribution in [0.2, 0.25) is 0 Å². The molecule has 0 aliphatic rings. The minimum absolute atomic E-state index is 0.0953. The molecule has 1 heterocycles. The lowest BCUT2D eigenvalue weighted by molar-refractivity contribution is 0.0746. The van der Waals surface area contributed by atoms with Crippen molar-refractivity contribution in [1.82, 2.24) is 8.75 Å². The molecule has 1 N–H and O–H groups in total. The zero-order chi connectivity index (χ0) is 12.5. The predicted molar refractivity (Wildman–Crippen MR) is 67.0 cm³/mol. The fraction of sp³-hybridized carbons (Fsp3) is 0.333. The van der Waals surface area contributed by atoms with Crippen molar-refractivity contribution < 1.29 is 9.90 Å². The maximum absolute atomic E-state index is 11.8. The van der Waals surface area contributed by atoms with Crippen LogP contribution in [0.1, 0.15) is 30.6 Å². The zero-order valence-corrected chi connectivity index (χ0v) is 10.5. The Morgan fingerprint density at radius 1 is 1.41 bits per heavy atom. The number of hydrogen-bond donors (Lipinski definition) is 1. The van der Waals surface area contributed by atoms with Crippen LogP contribution >= 0.6 is 11.7 Å². The second-order valence-electron chi connectivity index (χ2n) is 4.55. The summed E-state index contributed by atoms with van der Waals surface area (Å²) >= 11 is 1.13. The van der Waals surface area contributed by atoms with E-state index in [-0.39, 0.29) is 5.78 Å². The van der Waals surface area contributed by atoms with Crippen molar-refractivity contribution in [3.63, 3.8) is 0 Å². The van der Waals surface area contributed by atoms with E-state index >= 15 is 0 Å². The first kappa shape index (κ1) is 12.1. The van der Waals surface area contributed by atoms with Crippen LogP contribution in [0.15, 0.2) is 18.2 Å². The first-order chi connectivity index (χ1) is 7.96. The van der Waals surface area contributed by atoms with Crippen LogP contribution in [0.3, 0.4) is 0 Å². The number of carbonyl (C=O) groups is 1. The summed E-state index contributed by atoms with van der Waals surface area (Å²) in [5.74, 6) is -0.0953. The number of rotatable bonds is 4. The quantitative estimate of drug-likeness (QED) is 0.844. The average molecular weight is 249 g/mol. The molecule has 0 unspecified atom stereocenters. The molecule has 1 aromatic heterocycles. The predicted octanol–water partition coefficient (Wildman–Crippen LogP) is 2.24. The van der Waals surface area contributed by atoms with E-state index in [2.05, 4.69) is 8.75 Å². The van der Waals surface area contributed by atoms with Gasteiger partial charge in [0.15, 0.2) is 5.78 Å². The molecule has 0 bridgehead atoms. The van der Waals surface area contributed by atoms with Crippen molar-refractivity contribution >= 4 is 28.5 Å². The van der Waals surface area contributed by atoms with E-state index in [4.69, 9.17) is 0 Å². The van der Waals surface area contributed by atoms with Crippen molar-refractivity contribution in [2.45, 2.75) is 25.9 Å². The van der Waals surface area contributed by atoms with Crippen LogP contribution in [-0.4, -0.2) is 25.2 Å². The summed E-state index contributed by atoms with van der Waals surface area (Å²) in [6.07, 6.45) is 1.83. The number of aromatic nitrogens is 2. The van der Waals surface area contributed by atoms with Crippen molar-refractivity contribution in [2.24, 2.45) is 0 Å². The van der Waals surface area contributed by atoms with E-state index in [1.54, 1.807) is 32.0 Å². The molecule has 89 valence electrons. The van der Waals surface area contributed by atoms with Crippen LogP contribution in [-0.2, 0) is 0 Å². The van der Waals surface area contributed by atoms with Gasteiger partial charge >= 0.3 is 0 Å². The molecule has 5 heteroatoms. The van der Waals surface area contributed by atoms with Crippen molar-refractivity contribution in [3.05, 3.63) is 30.2 Å². The van der Waals surface area contributed by atoms with Gasteiger partial charge < -0.3 is 5.11 Å². The van der Waals surface area contributed by atoms with Gasteiger partial charge in [0.05, 0.1) is 17.3 Å². The van der Waals surface area contributed by atoms with E-state index in [1.165, 1.54) is 6.42 Å². The first-order valence-corrected chi connectivity index (χ1v) is 6.01. The Kier molecular flexibility index (Phi) is 3.22. The highest BCUT2D eigenvalue weighted by Crippen LogP contribution is 2.17. The lowest BCUT2D eigenvalue weighted by Gasteiger charge is -2.15. The van der Waals surface area contributed by atoms with Crippen molar-refractivity contribution in [1.29, 1.82) is 0 Å². The first-order valence-electron chi connectivity index (χ1n) is 5.28. The Morgan fingerprint density at radius 3 is 2.82 bits per heavy atom. The van der Waals surface area contributed by atoms with Crippen LogP contribution in [0, 0.1) is 6.42 Å². The Hall–Kier alpha value is -1.33. The molecule has 0 aliphatic heterocycles. The van der Waals surface area contributed by atoms with E-state index in [0.717, 1.165) is 22.8 Å². The Bertz CT molecular complexity index is 543. The fourth-order valence-electron chi connectivity index (χ4n) is 1.40. The molecule has 1 aromatic carbocycles. The third kappa shape index (κ3) is 3.08. The van der Waals surface area contributed by atoms with Crippen LogP contribution in [0.25, 0.3) is 11.0 Å². The van der Waals surface area contributed by atoms with Crippen LogP contribution in [0.5, 0.6) is 0 Å². The van der Waals surface area contributed by atoms with Crippen molar-refractivity contribution in [2.75, 3.05) is 0 Å². The molecule has 0 aliphatic carbocycles. The molecule has 0 saturated heterocycles. The molecule has 1 radical (unpaired) electrons. The summed E-state index contributed by atoms with van der Waals surface area (Å²) in [5.41, 5.74) is 1.25. The molecule has 2 aromatic rings. The average Bonchev–Trinajstić information content (AvgIpc) is 2.71. The maximum Gasteiger partial charge on any atom is 0.166 e. The number of ketones is 1. The SMILES string of the molecule is CC(C)(O)C[CH]C(=O)c1ccc2nsnc2c1. The van der Waals surface area contributed by atoms with Crippen LogP contribution in [0.4, 0.5) is 0 Å². The number of benzene rings is 1. The van der Waals surface area contributed by atoms with E-state index in [1.807, 2.05) is 0 Å². The van der Waals surface area contributed by atoms with Crippen molar-refractivity contribution in [3.8, 4) is 0 Å². The highest BCUT2D eigenvalue weighted by molar-refractivity contribution is 7.00. The minimum atomic E-state index is -0.859. The van der Waals surface area contributed by atoms with Gasteiger partial charge in [0.25, 0.3) is 0 Å².